The molecule has 15 nitrogen and oxygen atoms in total. The molecule has 16 heteroatoms. The Hall–Kier alpha value is -6.55. The van der Waals surface area contributed by atoms with Gasteiger partial charge in [0.1, 0.15) is 23.8 Å². The number of hydrogen-bond acceptors (Lipinski definition) is 12. The Labute approximate surface area is 340 Å². The van der Waals surface area contributed by atoms with Crippen molar-refractivity contribution in [2.45, 2.75) is 71.9 Å². The molecule has 1 fully saturated rings. The summed E-state index contributed by atoms with van der Waals surface area (Å²) in [5.41, 5.74) is 3.99. The molecule has 1 amide bonds. The van der Waals surface area contributed by atoms with Gasteiger partial charge in [-0.2, -0.15) is 4.98 Å². The van der Waals surface area contributed by atoms with Gasteiger partial charge in [-0.15, -0.1) is 0 Å². The first kappa shape index (κ1) is 40.6. The Morgan fingerprint density at radius 1 is 1.02 bits per heavy atom. The normalized spacial score (nSPS) is 15.2. The molecule has 1 saturated heterocycles. The number of amides is 1. The summed E-state index contributed by atoms with van der Waals surface area (Å²) in [5, 5.41) is 10.2. The zero-order valence-corrected chi connectivity index (χ0v) is 34.0. The van der Waals surface area contributed by atoms with E-state index < -0.39 is 23.0 Å². The monoisotopic (exact) mass is 801 g/mol. The first-order chi connectivity index (χ1) is 28.2. The van der Waals surface area contributed by atoms with Crippen molar-refractivity contribution in [1.29, 1.82) is 0 Å². The van der Waals surface area contributed by atoms with Crippen molar-refractivity contribution >= 4 is 23.2 Å². The Morgan fingerprint density at radius 3 is 2.54 bits per heavy atom. The Kier molecular flexibility index (Phi) is 11.8. The number of carbonyl (C=O) groups excluding carboxylic acids is 1. The van der Waals surface area contributed by atoms with Gasteiger partial charge in [0.25, 0.3) is 5.56 Å². The standard InChI is InChI=1S/C43H48FN11O4/c1-7-30-24-53(16-14-28-8-12-35(33(44)21-28)55-17-15-38(56)50-42(55)58)18-19-54(30)31-10-13-36(45-23-31)49-37-22-34(46-25-47-37)29-9-11-32(26(2)20-29)27(3)48-39(57)40-51-41(52-59-40)43(4,5)6/h8-13,15,17,20-23,25,27,30H,7,14,16,18-19,24H2,1-6H3,(H,48,57)(H,50,56,58)(H,45,46,47,49)/t27-,30+/m1/s1. The number of aromatic amines is 1. The fourth-order valence-corrected chi connectivity index (χ4v) is 7.23. The molecule has 5 heterocycles. The number of hydrogen-bond donors (Lipinski definition) is 3. The van der Waals surface area contributed by atoms with Crippen LogP contribution in [0.25, 0.3) is 16.9 Å². The fourth-order valence-electron chi connectivity index (χ4n) is 7.23. The van der Waals surface area contributed by atoms with E-state index in [1.807, 2.05) is 77.2 Å². The zero-order valence-electron chi connectivity index (χ0n) is 34.0. The molecule has 0 aliphatic carbocycles. The van der Waals surface area contributed by atoms with Gasteiger partial charge in [0, 0.05) is 61.5 Å². The number of anilines is 3. The van der Waals surface area contributed by atoms with Crippen molar-refractivity contribution in [3.05, 3.63) is 134 Å². The highest BCUT2D eigenvalue weighted by Gasteiger charge is 2.27. The van der Waals surface area contributed by atoms with E-state index in [4.69, 9.17) is 9.51 Å². The van der Waals surface area contributed by atoms with Gasteiger partial charge in [-0.05, 0) is 73.7 Å². The predicted octanol–water partition coefficient (Wildman–Crippen LogP) is 5.88. The van der Waals surface area contributed by atoms with E-state index in [0.29, 0.717) is 23.9 Å². The molecule has 0 bridgehead atoms. The number of pyridine rings is 1. The van der Waals surface area contributed by atoms with Gasteiger partial charge in [-0.25, -0.2) is 24.1 Å². The van der Waals surface area contributed by atoms with E-state index in [1.165, 1.54) is 24.7 Å². The summed E-state index contributed by atoms with van der Waals surface area (Å²) in [7, 11) is 0. The van der Waals surface area contributed by atoms with Crippen LogP contribution in [0.1, 0.15) is 80.3 Å². The molecule has 59 heavy (non-hydrogen) atoms. The minimum absolute atomic E-state index is 0.0648. The van der Waals surface area contributed by atoms with Crippen molar-refractivity contribution in [2.24, 2.45) is 0 Å². The molecule has 2 aromatic carbocycles. The van der Waals surface area contributed by atoms with Gasteiger partial charge < -0.3 is 20.1 Å². The maximum atomic E-state index is 15.0. The lowest BCUT2D eigenvalue weighted by molar-refractivity contribution is 0.0895. The number of rotatable bonds is 12. The van der Waals surface area contributed by atoms with Crippen molar-refractivity contribution in [1.82, 2.24) is 44.9 Å². The van der Waals surface area contributed by atoms with Crippen molar-refractivity contribution < 1.29 is 13.7 Å². The average Bonchev–Trinajstić information content (AvgIpc) is 3.73. The third kappa shape index (κ3) is 9.44. The topological polar surface area (TPSA) is 180 Å². The largest absolute Gasteiger partial charge is 0.365 e. The van der Waals surface area contributed by atoms with Crippen molar-refractivity contribution in [3.8, 4) is 16.9 Å². The Bertz CT molecular complexity index is 2560. The highest BCUT2D eigenvalue weighted by atomic mass is 19.1. The molecule has 2 atom stereocenters. The number of carbonyl (C=O) groups is 1. The SMILES string of the molecule is CC[C@H]1CN(CCc2ccc(-n3ccc(=O)[nH]c3=O)c(F)c2)CCN1c1ccc(Nc2cc(-c3ccc([C@@H](C)NC(=O)c4nc(C(C)(C)C)no4)c(C)c3)ncn2)nc1. The van der Waals surface area contributed by atoms with Crippen LogP contribution < -0.4 is 26.8 Å². The van der Waals surface area contributed by atoms with E-state index in [0.717, 1.165) is 70.8 Å². The highest BCUT2D eigenvalue weighted by Crippen LogP contribution is 2.28. The summed E-state index contributed by atoms with van der Waals surface area (Å²) < 4.78 is 21.3. The number of benzene rings is 2. The predicted molar refractivity (Wildman–Crippen MR) is 223 cm³/mol. The smallest absolute Gasteiger partial charge is 0.333 e. The lowest BCUT2D eigenvalue weighted by Crippen LogP contribution is -2.53. The molecule has 6 aromatic rings. The number of nitrogens with one attached hydrogen (secondary N) is 3. The molecule has 3 N–H and O–H groups in total. The molecular formula is C43H48FN11O4. The van der Waals surface area contributed by atoms with Crippen LogP contribution in [-0.4, -0.2) is 77.7 Å². The first-order valence-corrected chi connectivity index (χ1v) is 19.7. The van der Waals surface area contributed by atoms with Crippen LogP contribution in [0.5, 0.6) is 0 Å². The van der Waals surface area contributed by atoms with E-state index in [9.17, 15) is 14.4 Å². The van der Waals surface area contributed by atoms with Gasteiger partial charge in [-0.1, -0.05) is 51.1 Å². The van der Waals surface area contributed by atoms with Crippen molar-refractivity contribution in [3.63, 3.8) is 0 Å². The minimum Gasteiger partial charge on any atom is -0.365 e. The molecule has 0 radical (unpaired) electrons. The van der Waals surface area contributed by atoms with Crippen LogP contribution >= 0.6 is 0 Å². The second kappa shape index (κ2) is 17.1. The second-order valence-corrected chi connectivity index (χ2v) is 15.8. The fraction of sp³-hybridized carbons (Fsp3) is 0.349. The van der Waals surface area contributed by atoms with Crippen LogP contribution in [0.3, 0.4) is 0 Å². The lowest BCUT2D eigenvalue weighted by atomic mass is 9.96. The summed E-state index contributed by atoms with van der Waals surface area (Å²) >= 11 is 0. The van der Waals surface area contributed by atoms with Gasteiger partial charge in [-0.3, -0.25) is 24.0 Å². The van der Waals surface area contributed by atoms with E-state index in [2.05, 4.69) is 58.5 Å². The molecule has 0 saturated carbocycles. The van der Waals surface area contributed by atoms with E-state index >= 15 is 4.39 Å². The maximum Gasteiger partial charge on any atom is 0.333 e. The quantitative estimate of drug-likeness (QED) is 0.134. The van der Waals surface area contributed by atoms with Gasteiger partial charge in [0.05, 0.1) is 29.3 Å². The Morgan fingerprint density at radius 2 is 1.85 bits per heavy atom. The maximum absolute atomic E-state index is 15.0. The number of nitrogens with zero attached hydrogens (tertiary/aromatic N) is 8. The molecule has 1 aliphatic rings. The molecule has 0 spiro atoms. The third-order valence-corrected chi connectivity index (χ3v) is 10.5. The van der Waals surface area contributed by atoms with Crippen LogP contribution in [0.15, 0.2) is 93.5 Å². The molecule has 0 unspecified atom stereocenters. The number of aryl methyl sites for hydroxylation is 1. The van der Waals surface area contributed by atoms with E-state index in [-0.39, 0.29) is 29.1 Å². The van der Waals surface area contributed by atoms with E-state index in [1.54, 1.807) is 6.07 Å². The third-order valence-electron chi connectivity index (χ3n) is 10.5. The molecule has 1 aliphatic heterocycles. The van der Waals surface area contributed by atoms with Crippen LogP contribution in [-0.2, 0) is 11.8 Å². The van der Waals surface area contributed by atoms with Gasteiger partial charge >= 0.3 is 17.5 Å². The zero-order chi connectivity index (χ0) is 41.8. The average molecular weight is 802 g/mol. The highest BCUT2D eigenvalue weighted by molar-refractivity contribution is 5.89. The molecule has 7 rings (SSSR count). The first-order valence-electron chi connectivity index (χ1n) is 19.7. The van der Waals surface area contributed by atoms with Crippen LogP contribution in [0, 0.1) is 12.7 Å². The Balaban J connectivity index is 0.931. The van der Waals surface area contributed by atoms with Crippen molar-refractivity contribution in [2.75, 3.05) is 36.4 Å². The summed E-state index contributed by atoms with van der Waals surface area (Å²) in [6.07, 6.45) is 6.28. The second-order valence-electron chi connectivity index (χ2n) is 15.8. The number of halogens is 1. The summed E-state index contributed by atoms with van der Waals surface area (Å²) in [4.78, 5) is 61.3. The summed E-state index contributed by atoms with van der Waals surface area (Å²) in [5.74, 6) is 0.716. The lowest BCUT2D eigenvalue weighted by Gasteiger charge is -2.42. The van der Waals surface area contributed by atoms with Gasteiger partial charge in [0.15, 0.2) is 5.82 Å². The summed E-state index contributed by atoms with van der Waals surface area (Å²) in [6.45, 7) is 15.2. The summed E-state index contributed by atoms with van der Waals surface area (Å²) in [6, 6.07) is 17.9. The van der Waals surface area contributed by atoms with Gasteiger partial charge in [0.2, 0.25) is 0 Å². The van der Waals surface area contributed by atoms with Crippen LogP contribution in [0.2, 0.25) is 0 Å². The number of aromatic nitrogens is 7. The number of piperazine rings is 1. The van der Waals surface area contributed by atoms with Crippen LogP contribution in [0.4, 0.5) is 21.7 Å². The molecule has 306 valence electrons. The molecular weight excluding hydrogens is 754 g/mol. The minimum atomic E-state index is -0.683. The number of H-pyrrole nitrogens is 1. The molecule has 4 aromatic heterocycles.